The number of nitrogens with one attached hydrogen (secondary N) is 3. The van der Waals surface area contributed by atoms with Crippen LogP contribution < -0.4 is 21.7 Å². The summed E-state index contributed by atoms with van der Waals surface area (Å²) >= 11 is 0. The predicted octanol–water partition coefficient (Wildman–Crippen LogP) is 1.48. The molecular formula is C16H20N6O. The summed E-state index contributed by atoms with van der Waals surface area (Å²) in [4.78, 5) is 20.1. The van der Waals surface area contributed by atoms with Crippen LogP contribution in [0.4, 0.5) is 17.3 Å². The third kappa shape index (κ3) is 3.95. The van der Waals surface area contributed by atoms with Crippen LogP contribution in [0.5, 0.6) is 0 Å². The molecule has 23 heavy (non-hydrogen) atoms. The molecule has 0 aliphatic carbocycles. The van der Waals surface area contributed by atoms with Crippen LogP contribution in [0.25, 0.3) is 0 Å². The van der Waals surface area contributed by atoms with Gasteiger partial charge in [-0.1, -0.05) is 6.07 Å². The Bertz CT molecular complexity index is 670. The van der Waals surface area contributed by atoms with E-state index in [-0.39, 0.29) is 0 Å². The van der Waals surface area contributed by atoms with Gasteiger partial charge in [0.2, 0.25) is 0 Å². The number of carbonyl (C=O) groups is 1. The second-order valence-electron chi connectivity index (χ2n) is 5.49. The Morgan fingerprint density at radius 3 is 2.74 bits per heavy atom. The predicted molar refractivity (Wildman–Crippen MR) is 89.8 cm³/mol. The van der Waals surface area contributed by atoms with Crippen molar-refractivity contribution in [1.82, 2.24) is 15.3 Å². The Kier molecular flexibility index (Phi) is 4.68. The SMILES string of the molecule is NC(=O)c1cnc(Nc2ccccn2)cc1NC1CCNCC1. The second-order valence-corrected chi connectivity index (χ2v) is 5.49. The van der Waals surface area contributed by atoms with Gasteiger partial charge in [0.25, 0.3) is 5.91 Å². The molecule has 0 radical (unpaired) electrons. The number of aromatic nitrogens is 2. The van der Waals surface area contributed by atoms with E-state index in [4.69, 9.17) is 5.73 Å². The summed E-state index contributed by atoms with van der Waals surface area (Å²) < 4.78 is 0. The Hall–Kier alpha value is -2.67. The standard InChI is InChI=1S/C16H20N6O/c17-16(23)12-10-20-15(22-14-3-1-2-6-19-14)9-13(12)21-11-4-7-18-8-5-11/h1-3,6,9-11,18H,4-5,7-8H2,(H2,17,23)(H2,19,20,21,22). The molecule has 0 aromatic carbocycles. The lowest BCUT2D eigenvalue weighted by Crippen LogP contribution is -2.35. The summed E-state index contributed by atoms with van der Waals surface area (Å²) in [7, 11) is 0. The van der Waals surface area contributed by atoms with Crippen LogP contribution in [0.3, 0.4) is 0 Å². The molecule has 2 aromatic rings. The van der Waals surface area contributed by atoms with Crippen LogP contribution in [-0.2, 0) is 0 Å². The number of carbonyl (C=O) groups excluding carboxylic acids is 1. The molecule has 0 unspecified atom stereocenters. The first-order valence-electron chi connectivity index (χ1n) is 7.67. The van der Waals surface area contributed by atoms with Gasteiger partial charge in [0, 0.05) is 24.5 Å². The van der Waals surface area contributed by atoms with Crippen LogP contribution in [0.1, 0.15) is 23.2 Å². The number of primary amides is 1. The molecule has 2 aromatic heterocycles. The summed E-state index contributed by atoms with van der Waals surface area (Å²) in [6.45, 7) is 1.93. The maximum atomic E-state index is 11.6. The molecule has 7 nitrogen and oxygen atoms in total. The average molecular weight is 312 g/mol. The number of piperidine rings is 1. The number of nitrogens with zero attached hydrogens (tertiary/aromatic N) is 2. The normalized spacial score (nSPS) is 15.1. The zero-order valence-electron chi connectivity index (χ0n) is 12.7. The van der Waals surface area contributed by atoms with Gasteiger partial charge in [-0.3, -0.25) is 4.79 Å². The van der Waals surface area contributed by atoms with Crippen molar-refractivity contribution in [2.75, 3.05) is 23.7 Å². The Morgan fingerprint density at radius 1 is 1.22 bits per heavy atom. The molecule has 0 bridgehead atoms. The Balaban J connectivity index is 1.82. The minimum atomic E-state index is -0.488. The minimum absolute atomic E-state index is 0.319. The lowest BCUT2D eigenvalue weighted by molar-refractivity contribution is 0.100. The zero-order valence-corrected chi connectivity index (χ0v) is 12.7. The van der Waals surface area contributed by atoms with Crippen molar-refractivity contribution in [1.29, 1.82) is 0 Å². The molecular weight excluding hydrogens is 292 g/mol. The first-order chi connectivity index (χ1) is 11.2. The van der Waals surface area contributed by atoms with E-state index in [1.165, 1.54) is 6.20 Å². The number of rotatable bonds is 5. The van der Waals surface area contributed by atoms with E-state index in [0.717, 1.165) is 25.9 Å². The van der Waals surface area contributed by atoms with Gasteiger partial charge in [0.15, 0.2) is 0 Å². The number of nitrogens with two attached hydrogens (primary N) is 1. The average Bonchev–Trinajstić information content (AvgIpc) is 2.57. The number of amides is 1. The molecule has 1 saturated heterocycles. The largest absolute Gasteiger partial charge is 0.381 e. The van der Waals surface area contributed by atoms with Crippen molar-refractivity contribution in [3.63, 3.8) is 0 Å². The van der Waals surface area contributed by atoms with Crippen LogP contribution in [0.2, 0.25) is 0 Å². The van der Waals surface area contributed by atoms with Gasteiger partial charge in [-0.05, 0) is 38.1 Å². The molecule has 3 heterocycles. The van der Waals surface area contributed by atoms with E-state index in [1.807, 2.05) is 18.2 Å². The molecule has 3 rings (SSSR count). The fourth-order valence-corrected chi connectivity index (χ4v) is 2.59. The van der Waals surface area contributed by atoms with Gasteiger partial charge in [-0.2, -0.15) is 0 Å². The Labute approximate surface area is 134 Å². The quantitative estimate of drug-likeness (QED) is 0.666. The summed E-state index contributed by atoms with van der Waals surface area (Å²) in [5.41, 5.74) is 6.56. The van der Waals surface area contributed by atoms with Crippen LogP contribution in [0.15, 0.2) is 36.7 Å². The van der Waals surface area contributed by atoms with E-state index >= 15 is 0 Å². The maximum absolute atomic E-state index is 11.6. The molecule has 1 aliphatic heterocycles. The third-order valence-corrected chi connectivity index (χ3v) is 3.79. The topological polar surface area (TPSA) is 105 Å². The van der Waals surface area contributed by atoms with Crippen LogP contribution in [-0.4, -0.2) is 35.0 Å². The molecule has 1 aliphatic rings. The molecule has 120 valence electrons. The molecule has 5 N–H and O–H groups in total. The van der Waals surface area contributed by atoms with Gasteiger partial charge in [0.1, 0.15) is 11.6 Å². The van der Waals surface area contributed by atoms with Crippen molar-refractivity contribution in [3.8, 4) is 0 Å². The smallest absolute Gasteiger partial charge is 0.252 e. The fraction of sp³-hybridized carbons (Fsp3) is 0.312. The second kappa shape index (κ2) is 7.06. The van der Waals surface area contributed by atoms with Gasteiger partial charge < -0.3 is 21.7 Å². The van der Waals surface area contributed by atoms with Crippen LogP contribution in [0, 0.1) is 0 Å². The van der Waals surface area contributed by atoms with Gasteiger partial charge in [-0.15, -0.1) is 0 Å². The summed E-state index contributed by atoms with van der Waals surface area (Å²) in [6.07, 6.45) is 5.21. The Morgan fingerprint density at radius 2 is 2.04 bits per heavy atom. The van der Waals surface area contributed by atoms with E-state index in [9.17, 15) is 4.79 Å². The van der Waals surface area contributed by atoms with E-state index in [0.29, 0.717) is 28.9 Å². The number of hydrogen-bond acceptors (Lipinski definition) is 6. The highest BCUT2D eigenvalue weighted by molar-refractivity contribution is 5.98. The number of anilines is 3. The molecule has 0 saturated carbocycles. The molecule has 1 fully saturated rings. The van der Waals surface area contributed by atoms with Gasteiger partial charge in [0.05, 0.1) is 11.3 Å². The third-order valence-electron chi connectivity index (χ3n) is 3.79. The van der Waals surface area contributed by atoms with Crippen molar-refractivity contribution in [2.24, 2.45) is 5.73 Å². The molecule has 0 atom stereocenters. The highest BCUT2D eigenvalue weighted by Crippen LogP contribution is 2.22. The summed E-state index contributed by atoms with van der Waals surface area (Å²) in [5.74, 6) is 0.822. The molecule has 7 heteroatoms. The number of hydrogen-bond donors (Lipinski definition) is 4. The lowest BCUT2D eigenvalue weighted by Gasteiger charge is -2.25. The molecule has 0 spiro atoms. The maximum Gasteiger partial charge on any atom is 0.252 e. The minimum Gasteiger partial charge on any atom is -0.381 e. The van der Waals surface area contributed by atoms with Crippen molar-refractivity contribution in [3.05, 3.63) is 42.2 Å². The zero-order chi connectivity index (χ0) is 16.1. The highest BCUT2D eigenvalue weighted by atomic mass is 16.1. The van der Waals surface area contributed by atoms with Gasteiger partial charge >= 0.3 is 0 Å². The fourth-order valence-electron chi connectivity index (χ4n) is 2.59. The van der Waals surface area contributed by atoms with E-state index in [2.05, 4.69) is 25.9 Å². The first-order valence-corrected chi connectivity index (χ1v) is 7.67. The van der Waals surface area contributed by atoms with Crippen molar-refractivity contribution in [2.45, 2.75) is 18.9 Å². The van der Waals surface area contributed by atoms with E-state index in [1.54, 1.807) is 12.3 Å². The number of pyridine rings is 2. The first kappa shape index (κ1) is 15.2. The van der Waals surface area contributed by atoms with Gasteiger partial charge in [-0.25, -0.2) is 9.97 Å². The van der Waals surface area contributed by atoms with Crippen molar-refractivity contribution < 1.29 is 4.79 Å². The van der Waals surface area contributed by atoms with Crippen LogP contribution >= 0.6 is 0 Å². The highest BCUT2D eigenvalue weighted by Gasteiger charge is 2.17. The van der Waals surface area contributed by atoms with E-state index < -0.39 is 5.91 Å². The molecule has 1 amide bonds. The monoisotopic (exact) mass is 312 g/mol. The van der Waals surface area contributed by atoms with Crippen molar-refractivity contribution >= 4 is 23.2 Å². The summed E-state index contributed by atoms with van der Waals surface area (Å²) in [6, 6.07) is 7.71. The summed E-state index contributed by atoms with van der Waals surface area (Å²) in [5, 5.41) is 9.85. The lowest BCUT2D eigenvalue weighted by atomic mass is 10.1.